The van der Waals surface area contributed by atoms with Crippen molar-refractivity contribution in [2.45, 2.75) is 17.1 Å². The van der Waals surface area contributed by atoms with Crippen LogP contribution in [-0.4, -0.2) is 34.0 Å². The van der Waals surface area contributed by atoms with Gasteiger partial charge in [0, 0.05) is 6.20 Å². The molecule has 6 nitrogen and oxygen atoms in total. The van der Waals surface area contributed by atoms with Gasteiger partial charge in [0.2, 0.25) is 0 Å². The van der Waals surface area contributed by atoms with Crippen molar-refractivity contribution in [3.05, 3.63) is 11.8 Å². The molecule has 0 radical (unpaired) electrons. The minimum Gasteiger partial charge on any atom is -0.462 e. The van der Waals surface area contributed by atoms with E-state index in [-0.39, 0.29) is 17.3 Å². The van der Waals surface area contributed by atoms with Crippen molar-refractivity contribution in [3.63, 3.8) is 0 Å². The standard InChI is InChI=1S/C9H12N4O2S2/c1-3-15-7(14)5-4-12-9(16-2)13-6(5)17-8(10)11/h4H,3H2,1-2H3,(H3,10,11). The van der Waals surface area contributed by atoms with Crippen LogP contribution in [-0.2, 0) is 4.74 Å². The molecule has 0 aromatic carbocycles. The number of amidine groups is 1. The minimum absolute atomic E-state index is 0.138. The van der Waals surface area contributed by atoms with Crippen LogP contribution in [0.4, 0.5) is 0 Å². The van der Waals surface area contributed by atoms with E-state index in [1.165, 1.54) is 18.0 Å². The Morgan fingerprint density at radius 2 is 2.35 bits per heavy atom. The molecular formula is C9H12N4O2S2. The lowest BCUT2D eigenvalue weighted by molar-refractivity contribution is 0.0520. The van der Waals surface area contributed by atoms with Gasteiger partial charge in [-0.1, -0.05) is 11.8 Å². The molecule has 1 aromatic rings. The van der Waals surface area contributed by atoms with E-state index in [0.29, 0.717) is 10.2 Å². The van der Waals surface area contributed by atoms with Crippen LogP contribution < -0.4 is 5.73 Å². The Morgan fingerprint density at radius 3 is 2.88 bits per heavy atom. The molecule has 0 fully saturated rings. The van der Waals surface area contributed by atoms with E-state index in [2.05, 4.69) is 9.97 Å². The third-order valence-electron chi connectivity index (χ3n) is 1.62. The number of nitrogens with one attached hydrogen (secondary N) is 1. The zero-order chi connectivity index (χ0) is 12.8. The van der Waals surface area contributed by atoms with Crippen LogP contribution in [0.5, 0.6) is 0 Å². The average molecular weight is 272 g/mol. The van der Waals surface area contributed by atoms with E-state index in [0.717, 1.165) is 11.8 Å². The summed E-state index contributed by atoms with van der Waals surface area (Å²) in [5.41, 5.74) is 5.51. The van der Waals surface area contributed by atoms with E-state index >= 15 is 0 Å². The molecule has 0 aliphatic carbocycles. The van der Waals surface area contributed by atoms with E-state index in [1.54, 1.807) is 6.92 Å². The summed E-state index contributed by atoms with van der Waals surface area (Å²) >= 11 is 2.25. The van der Waals surface area contributed by atoms with E-state index in [4.69, 9.17) is 15.9 Å². The summed E-state index contributed by atoms with van der Waals surface area (Å²) in [7, 11) is 0. The van der Waals surface area contributed by atoms with Crippen LogP contribution >= 0.6 is 23.5 Å². The lowest BCUT2D eigenvalue weighted by Crippen LogP contribution is -2.11. The molecule has 0 unspecified atom stereocenters. The predicted molar refractivity (Wildman–Crippen MR) is 67.5 cm³/mol. The van der Waals surface area contributed by atoms with Crippen LogP contribution in [0, 0.1) is 5.41 Å². The highest BCUT2D eigenvalue weighted by Crippen LogP contribution is 2.22. The first kappa shape index (κ1) is 13.8. The summed E-state index contributed by atoms with van der Waals surface area (Å²) in [5, 5.41) is 7.94. The zero-order valence-electron chi connectivity index (χ0n) is 9.39. The molecule has 0 saturated carbocycles. The van der Waals surface area contributed by atoms with E-state index in [9.17, 15) is 4.79 Å². The molecule has 0 bridgehead atoms. The Morgan fingerprint density at radius 1 is 1.65 bits per heavy atom. The molecule has 0 atom stereocenters. The number of rotatable bonds is 4. The number of thioether (sulfide) groups is 2. The second-order valence-electron chi connectivity index (χ2n) is 2.76. The Balaban J connectivity index is 3.09. The minimum atomic E-state index is -0.510. The molecule has 0 aliphatic heterocycles. The molecule has 1 aromatic heterocycles. The number of nitrogens with zero attached hydrogens (tertiary/aromatic N) is 2. The predicted octanol–water partition coefficient (Wildman–Crippen LogP) is 1.36. The third kappa shape index (κ3) is 3.90. The van der Waals surface area contributed by atoms with E-state index < -0.39 is 5.97 Å². The number of aromatic nitrogens is 2. The van der Waals surface area contributed by atoms with Crippen molar-refractivity contribution < 1.29 is 9.53 Å². The number of ether oxygens (including phenoxy) is 1. The second-order valence-corrected chi connectivity index (χ2v) is 4.57. The van der Waals surface area contributed by atoms with Gasteiger partial charge in [-0.15, -0.1) is 0 Å². The van der Waals surface area contributed by atoms with Gasteiger partial charge in [-0.05, 0) is 24.9 Å². The Labute approximate surface area is 107 Å². The maximum Gasteiger partial charge on any atom is 0.342 e. The highest BCUT2D eigenvalue weighted by atomic mass is 32.2. The monoisotopic (exact) mass is 272 g/mol. The molecular weight excluding hydrogens is 260 g/mol. The molecule has 8 heteroatoms. The van der Waals surface area contributed by atoms with Gasteiger partial charge in [-0.3, -0.25) is 5.41 Å². The van der Waals surface area contributed by atoms with Crippen molar-refractivity contribution in [1.29, 1.82) is 5.41 Å². The largest absolute Gasteiger partial charge is 0.462 e. The van der Waals surface area contributed by atoms with Crippen molar-refractivity contribution >= 4 is 34.7 Å². The zero-order valence-corrected chi connectivity index (χ0v) is 11.0. The topological polar surface area (TPSA) is 102 Å². The highest BCUT2D eigenvalue weighted by molar-refractivity contribution is 8.13. The maximum atomic E-state index is 11.6. The SMILES string of the molecule is CCOC(=O)c1cnc(SC)nc1SC(=N)N. The van der Waals surface area contributed by atoms with Crippen LogP contribution in [0.2, 0.25) is 0 Å². The van der Waals surface area contributed by atoms with Crippen molar-refractivity contribution in [2.24, 2.45) is 5.73 Å². The third-order valence-corrected chi connectivity index (χ3v) is 2.90. The van der Waals surface area contributed by atoms with E-state index in [1.807, 2.05) is 6.26 Å². The normalized spacial score (nSPS) is 10.0. The summed E-state index contributed by atoms with van der Waals surface area (Å²) in [6, 6.07) is 0. The average Bonchev–Trinajstić information content (AvgIpc) is 2.28. The smallest absolute Gasteiger partial charge is 0.342 e. The van der Waals surface area contributed by atoms with Gasteiger partial charge >= 0.3 is 5.97 Å². The molecule has 1 rings (SSSR count). The van der Waals surface area contributed by atoms with Crippen molar-refractivity contribution in [3.8, 4) is 0 Å². The van der Waals surface area contributed by atoms with Crippen molar-refractivity contribution in [2.75, 3.05) is 12.9 Å². The van der Waals surface area contributed by atoms with Crippen LogP contribution in [0.25, 0.3) is 0 Å². The number of esters is 1. The fraction of sp³-hybridized carbons (Fsp3) is 0.333. The fourth-order valence-corrected chi connectivity index (χ4v) is 1.96. The second kappa shape index (κ2) is 6.45. The first-order chi connectivity index (χ1) is 8.08. The summed E-state index contributed by atoms with van der Waals surface area (Å²) < 4.78 is 4.87. The molecule has 0 saturated heterocycles. The van der Waals surface area contributed by atoms with Gasteiger partial charge < -0.3 is 10.5 Å². The van der Waals surface area contributed by atoms with Gasteiger partial charge in [0.25, 0.3) is 0 Å². The maximum absolute atomic E-state index is 11.6. The number of hydrogen-bond donors (Lipinski definition) is 2. The van der Waals surface area contributed by atoms with Crippen LogP contribution in [0.15, 0.2) is 16.4 Å². The van der Waals surface area contributed by atoms with Crippen LogP contribution in [0.3, 0.4) is 0 Å². The Bertz CT molecular complexity index is 439. The number of nitrogens with two attached hydrogens (primary N) is 1. The Hall–Kier alpha value is -1.28. The molecule has 17 heavy (non-hydrogen) atoms. The number of carbonyl (C=O) groups excluding carboxylic acids is 1. The first-order valence-corrected chi connectivity index (χ1v) is 6.72. The van der Waals surface area contributed by atoms with Crippen molar-refractivity contribution in [1.82, 2.24) is 9.97 Å². The summed E-state index contributed by atoms with van der Waals surface area (Å²) in [4.78, 5) is 19.7. The quantitative estimate of drug-likeness (QED) is 0.213. The van der Waals surface area contributed by atoms with Gasteiger partial charge in [-0.25, -0.2) is 14.8 Å². The van der Waals surface area contributed by atoms with Gasteiger partial charge in [0.05, 0.1) is 6.61 Å². The number of carbonyl (C=O) groups is 1. The molecule has 1 heterocycles. The first-order valence-electron chi connectivity index (χ1n) is 4.68. The molecule has 92 valence electrons. The molecule has 3 N–H and O–H groups in total. The van der Waals surface area contributed by atoms with Gasteiger partial charge in [-0.2, -0.15) is 0 Å². The van der Waals surface area contributed by atoms with Gasteiger partial charge in [0.15, 0.2) is 10.3 Å². The van der Waals surface area contributed by atoms with Gasteiger partial charge in [0.1, 0.15) is 10.6 Å². The summed E-state index contributed by atoms with van der Waals surface area (Å²) in [5.74, 6) is -0.510. The fourth-order valence-electron chi connectivity index (χ4n) is 0.980. The molecule has 0 aliphatic rings. The lowest BCUT2D eigenvalue weighted by atomic mass is 10.3. The highest BCUT2D eigenvalue weighted by Gasteiger charge is 2.17. The molecule has 0 amide bonds. The Kier molecular flexibility index (Phi) is 5.23. The lowest BCUT2D eigenvalue weighted by Gasteiger charge is -2.07. The van der Waals surface area contributed by atoms with Crippen LogP contribution in [0.1, 0.15) is 17.3 Å². The summed E-state index contributed by atoms with van der Waals surface area (Å²) in [6.45, 7) is 1.99. The molecule has 0 spiro atoms. The number of hydrogen-bond acceptors (Lipinski definition) is 7. The summed E-state index contributed by atoms with van der Waals surface area (Å²) in [6.07, 6.45) is 3.21.